The van der Waals surface area contributed by atoms with Crippen LogP contribution in [0.1, 0.15) is 66.1 Å². The van der Waals surface area contributed by atoms with Gasteiger partial charge in [-0.15, -0.1) is 16.4 Å². The van der Waals surface area contributed by atoms with E-state index in [4.69, 9.17) is 36.9 Å². The van der Waals surface area contributed by atoms with Gasteiger partial charge >= 0.3 is 12.0 Å². The number of aromatic carboxylic acids is 1. The average Bonchev–Trinajstić information content (AvgIpc) is 3.25. The molecule has 12 heteroatoms. The zero-order chi connectivity index (χ0) is 26.7. The van der Waals surface area contributed by atoms with E-state index in [0.717, 1.165) is 49.8 Å². The number of rotatable bonds is 8. The SMILES string of the molecule is O=C(O)c1csc(-c2nnc(N3C4CCC3CC(OCc3c(-c5c(Cl)cccc5Cl)noc3C3CC3)C4)o2)c1. The minimum Gasteiger partial charge on any atom is -0.478 e. The van der Waals surface area contributed by atoms with Crippen molar-refractivity contribution < 1.29 is 23.6 Å². The Morgan fingerprint density at radius 2 is 1.87 bits per heavy atom. The lowest BCUT2D eigenvalue weighted by molar-refractivity contribution is 0.0139. The van der Waals surface area contributed by atoms with Crippen LogP contribution in [-0.2, 0) is 11.3 Å². The van der Waals surface area contributed by atoms with Crippen molar-refractivity contribution in [1.82, 2.24) is 15.4 Å². The van der Waals surface area contributed by atoms with Crippen molar-refractivity contribution in [2.75, 3.05) is 4.90 Å². The number of carbonyl (C=O) groups is 1. The molecule has 4 aromatic rings. The molecule has 7 rings (SSSR count). The summed E-state index contributed by atoms with van der Waals surface area (Å²) < 4.78 is 18.3. The number of hydrogen-bond donors (Lipinski definition) is 1. The second kappa shape index (κ2) is 9.92. The third kappa shape index (κ3) is 4.63. The van der Waals surface area contributed by atoms with E-state index in [9.17, 15) is 9.90 Å². The molecule has 2 aliphatic heterocycles. The molecule has 5 heterocycles. The van der Waals surface area contributed by atoms with Crippen LogP contribution in [0.4, 0.5) is 6.01 Å². The van der Waals surface area contributed by atoms with E-state index in [-0.39, 0.29) is 23.8 Å². The van der Waals surface area contributed by atoms with Crippen molar-refractivity contribution >= 4 is 46.5 Å². The lowest BCUT2D eigenvalue weighted by Gasteiger charge is -2.37. The van der Waals surface area contributed by atoms with Gasteiger partial charge in [-0.05, 0) is 56.7 Å². The Morgan fingerprint density at radius 1 is 1.13 bits per heavy atom. The molecule has 202 valence electrons. The number of halogens is 2. The zero-order valence-electron chi connectivity index (χ0n) is 20.7. The molecule has 2 unspecified atom stereocenters. The van der Waals surface area contributed by atoms with Crippen LogP contribution in [0, 0.1) is 0 Å². The van der Waals surface area contributed by atoms with Gasteiger partial charge in [0, 0.05) is 34.5 Å². The standard InChI is InChI=1S/C27H24Cl2N4O5S/c28-19-2-1-3-20(29)22(19)23-18(24(38-32-23)13-4-5-13)11-36-17-9-15-6-7-16(10-17)33(15)27-31-30-25(37-27)21-8-14(12-39-21)26(34)35/h1-3,8,12-13,15-17H,4-7,9-11H2,(H,34,35). The molecule has 9 nitrogen and oxygen atoms in total. The van der Waals surface area contributed by atoms with Gasteiger partial charge in [-0.1, -0.05) is 39.5 Å². The quantitative estimate of drug-likeness (QED) is 0.232. The van der Waals surface area contributed by atoms with E-state index in [1.54, 1.807) is 23.6 Å². The van der Waals surface area contributed by atoms with Crippen molar-refractivity contribution in [3.05, 3.63) is 56.6 Å². The van der Waals surface area contributed by atoms with Crippen molar-refractivity contribution in [2.45, 2.75) is 69.2 Å². The predicted octanol–water partition coefficient (Wildman–Crippen LogP) is 7.05. The molecule has 2 bridgehead atoms. The smallest absolute Gasteiger partial charge is 0.336 e. The maximum absolute atomic E-state index is 11.2. The Balaban J connectivity index is 1.07. The molecule has 0 spiro atoms. The highest BCUT2D eigenvalue weighted by Crippen LogP contribution is 2.47. The van der Waals surface area contributed by atoms with Gasteiger partial charge in [0.1, 0.15) is 11.5 Å². The van der Waals surface area contributed by atoms with Crippen LogP contribution in [-0.4, -0.2) is 44.6 Å². The predicted molar refractivity (Wildman–Crippen MR) is 146 cm³/mol. The Morgan fingerprint density at radius 3 is 2.54 bits per heavy atom. The summed E-state index contributed by atoms with van der Waals surface area (Å²) >= 11 is 14.3. The van der Waals surface area contributed by atoms with Crippen molar-refractivity contribution in [3.63, 3.8) is 0 Å². The monoisotopic (exact) mass is 586 g/mol. The molecule has 2 atom stereocenters. The number of benzene rings is 1. The second-order valence-corrected chi connectivity index (χ2v) is 12.1. The first kappa shape index (κ1) is 25.1. The summed E-state index contributed by atoms with van der Waals surface area (Å²) in [6.45, 7) is 0.380. The third-order valence-electron chi connectivity index (χ3n) is 7.81. The fourth-order valence-electron chi connectivity index (χ4n) is 5.80. The van der Waals surface area contributed by atoms with Gasteiger partial charge in [0.15, 0.2) is 0 Å². The molecule has 0 amide bonds. The number of thiophene rings is 1. The van der Waals surface area contributed by atoms with Crippen LogP contribution in [0.2, 0.25) is 10.0 Å². The largest absolute Gasteiger partial charge is 0.478 e. The highest BCUT2D eigenvalue weighted by molar-refractivity contribution is 7.13. The normalized spacial score (nSPS) is 22.5. The van der Waals surface area contributed by atoms with Gasteiger partial charge in [0.05, 0.1) is 33.2 Å². The molecule has 1 aromatic carbocycles. The van der Waals surface area contributed by atoms with Crippen molar-refractivity contribution in [2.24, 2.45) is 0 Å². The van der Waals surface area contributed by atoms with Crippen LogP contribution in [0.15, 0.2) is 38.6 Å². The molecule has 0 radical (unpaired) electrons. The number of anilines is 1. The summed E-state index contributed by atoms with van der Waals surface area (Å²) in [5, 5.41) is 24.7. The Bertz CT molecular complexity index is 1510. The lowest BCUT2D eigenvalue weighted by Crippen LogP contribution is -2.45. The highest BCUT2D eigenvalue weighted by Gasteiger charge is 2.44. The van der Waals surface area contributed by atoms with Crippen LogP contribution in [0.3, 0.4) is 0 Å². The van der Waals surface area contributed by atoms with E-state index in [0.29, 0.717) is 50.6 Å². The molecule has 1 aliphatic carbocycles. The van der Waals surface area contributed by atoms with Gasteiger partial charge in [0.2, 0.25) is 0 Å². The fourth-order valence-corrected chi connectivity index (χ4v) is 7.18. The van der Waals surface area contributed by atoms with Crippen LogP contribution in [0.5, 0.6) is 0 Å². The highest BCUT2D eigenvalue weighted by atomic mass is 35.5. The van der Waals surface area contributed by atoms with E-state index < -0.39 is 5.97 Å². The van der Waals surface area contributed by atoms with E-state index in [1.165, 1.54) is 11.3 Å². The van der Waals surface area contributed by atoms with Crippen LogP contribution < -0.4 is 4.90 Å². The first-order valence-electron chi connectivity index (χ1n) is 12.9. The summed E-state index contributed by atoms with van der Waals surface area (Å²) in [4.78, 5) is 14.1. The molecular weight excluding hydrogens is 563 g/mol. The Labute approximate surface area is 237 Å². The average molecular weight is 587 g/mol. The van der Waals surface area contributed by atoms with Gasteiger partial charge in [-0.25, -0.2) is 4.79 Å². The number of aromatic nitrogens is 3. The van der Waals surface area contributed by atoms with Crippen LogP contribution in [0.25, 0.3) is 22.0 Å². The van der Waals surface area contributed by atoms with Gasteiger partial charge < -0.3 is 23.7 Å². The number of fused-ring (bicyclic) bond motifs is 2. The van der Waals surface area contributed by atoms with Gasteiger partial charge in [0.25, 0.3) is 5.89 Å². The van der Waals surface area contributed by atoms with E-state index in [2.05, 4.69) is 20.3 Å². The number of nitrogens with zero attached hydrogens (tertiary/aromatic N) is 4. The number of hydrogen-bond acceptors (Lipinski definition) is 9. The minimum atomic E-state index is -0.977. The third-order valence-corrected chi connectivity index (χ3v) is 9.36. The number of piperidine rings is 1. The lowest BCUT2D eigenvalue weighted by atomic mass is 10.00. The topological polar surface area (TPSA) is 115 Å². The second-order valence-electron chi connectivity index (χ2n) is 10.3. The molecule has 1 saturated carbocycles. The van der Waals surface area contributed by atoms with Crippen molar-refractivity contribution in [3.8, 4) is 22.0 Å². The summed E-state index contributed by atoms with van der Waals surface area (Å²) in [7, 11) is 0. The maximum Gasteiger partial charge on any atom is 0.336 e. The molecule has 39 heavy (non-hydrogen) atoms. The minimum absolute atomic E-state index is 0.0630. The molecule has 3 aliphatic rings. The maximum atomic E-state index is 11.2. The fraction of sp³-hybridized carbons (Fsp3) is 0.407. The summed E-state index contributed by atoms with van der Waals surface area (Å²) in [6, 6.07) is 7.91. The first-order chi connectivity index (χ1) is 19.0. The van der Waals surface area contributed by atoms with Gasteiger partial charge in [-0.3, -0.25) is 0 Å². The molecule has 3 fully saturated rings. The Kier molecular flexibility index (Phi) is 6.38. The number of ether oxygens (including phenoxy) is 1. The summed E-state index contributed by atoms with van der Waals surface area (Å²) in [5.74, 6) is 0.603. The van der Waals surface area contributed by atoms with E-state index in [1.807, 2.05) is 6.07 Å². The molecule has 1 N–H and O–H groups in total. The molecule has 3 aromatic heterocycles. The van der Waals surface area contributed by atoms with Crippen molar-refractivity contribution in [1.29, 1.82) is 0 Å². The summed E-state index contributed by atoms with van der Waals surface area (Å²) in [6.07, 6.45) is 5.93. The van der Waals surface area contributed by atoms with Crippen LogP contribution >= 0.6 is 34.5 Å². The zero-order valence-corrected chi connectivity index (χ0v) is 23.0. The van der Waals surface area contributed by atoms with Gasteiger partial charge in [-0.2, -0.15) is 0 Å². The number of carboxylic acids is 1. The molecule has 2 saturated heterocycles. The summed E-state index contributed by atoms with van der Waals surface area (Å²) in [5.41, 5.74) is 2.48. The Hall–Kier alpha value is -2.92. The first-order valence-corrected chi connectivity index (χ1v) is 14.6. The number of carboxylic acid groups (broad SMARTS) is 1. The molecular formula is C27H24Cl2N4O5S. The van der Waals surface area contributed by atoms with E-state index >= 15 is 0 Å².